The molecule has 0 aromatic heterocycles. The topological polar surface area (TPSA) is 26.3 Å². The van der Waals surface area contributed by atoms with Crippen molar-refractivity contribution in [2.75, 3.05) is 12.9 Å². The van der Waals surface area contributed by atoms with E-state index in [4.69, 9.17) is 23.2 Å². The molecular weight excluding hydrogens is 267 g/mol. The Bertz CT molecular complexity index is 369. The van der Waals surface area contributed by atoms with Crippen LogP contribution in [0.1, 0.15) is 12.0 Å². The number of rotatable bonds is 5. The Labute approximate surface area is 109 Å². The van der Waals surface area contributed by atoms with Gasteiger partial charge < -0.3 is 4.74 Å². The van der Waals surface area contributed by atoms with Gasteiger partial charge in [0.2, 0.25) is 0 Å². The molecule has 0 atom stereocenters. The molecule has 0 bridgehead atoms. The van der Waals surface area contributed by atoms with Gasteiger partial charge in [-0.3, -0.25) is 4.79 Å². The number of halogens is 2. The summed E-state index contributed by atoms with van der Waals surface area (Å²) >= 11 is 13.4. The van der Waals surface area contributed by atoms with E-state index in [-0.39, 0.29) is 5.97 Å². The Morgan fingerprint density at radius 3 is 2.81 bits per heavy atom. The average molecular weight is 279 g/mol. The summed E-state index contributed by atoms with van der Waals surface area (Å²) in [5.41, 5.74) is 1.03. The van der Waals surface area contributed by atoms with Gasteiger partial charge in [-0.1, -0.05) is 29.3 Å². The maximum atomic E-state index is 10.9. The number of carbonyl (C=O) groups is 1. The molecule has 0 saturated heterocycles. The molecule has 1 aromatic rings. The van der Waals surface area contributed by atoms with E-state index >= 15 is 0 Å². The summed E-state index contributed by atoms with van der Waals surface area (Å²) in [4.78, 5) is 10.9. The standard InChI is InChI=1S/C11H12Cl2O2S/c1-15-11(14)4-5-16-7-8-2-3-9(12)6-10(8)13/h2-3,6H,4-5,7H2,1H3. The molecule has 0 aliphatic rings. The van der Waals surface area contributed by atoms with Crippen molar-refractivity contribution < 1.29 is 9.53 Å². The molecule has 5 heteroatoms. The summed E-state index contributed by atoms with van der Waals surface area (Å²) in [7, 11) is 1.39. The molecule has 0 unspecified atom stereocenters. The minimum Gasteiger partial charge on any atom is -0.469 e. The second kappa shape index (κ2) is 7.05. The van der Waals surface area contributed by atoms with E-state index in [2.05, 4.69) is 4.74 Å². The highest BCUT2D eigenvalue weighted by atomic mass is 35.5. The molecule has 0 spiro atoms. The Morgan fingerprint density at radius 1 is 1.44 bits per heavy atom. The summed E-state index contributed by atoms with van der Waals surface area (Å²) in [6, 6.07) is 5.43. The van der Waals surface area contributed by atoms with E-state index < -0.39 is 0 Å². The average Bonchev–Trinajstić information content (AvgIpc) is 2.26. The molecule has 88 valence electrons. The lowest BCUT2D eigenvalue weighted by Gasteiger charge is -2.04. The fraction of sp³-hybridized carbons (Fsp3) is 0.364. The smallest absolute Gasteiger partial charge is 0.306 e. The second-order valence-electron chi connectivity index (χ2n) is 3.11. The van der Waals surface area contributed by atoms with Crippen molar-refractivity contribution in [1.82, 2.24) is 0 Å². The van der Waals surface area contributed by atoms with Crippen LogP contribution in [0.25, 0.3) is 0 Å². The lowest BCUT2D eigenvalue weighted by atomic mass is 10.2. The number of methoxy groups -OCH3 is 1. The van der Waals surface area contributed by atoms with Crippen LogP contribution in [-0.2, 0) is 15.3 Å². The SMILES string of the molecule is COC(=O)CCSCc1ccc(Cl)cc1Cl. The first kappa shape index (κ1) is 13.7. The predicted octanol–water partition coefficient (Wildman–Crippen LogP) is 3.79. The zero-order valence-corrected chi connectivity index (χ0v) is 11.2. The zero-order valence-electron chi connectivity index (χ0n) is 8.83. The number of esters is 1. The van der Waals surface area contributed by atoms with E-state index in [9.17, 15) is 4.79 Å². The van der Waals surface area contributed by atoms with Crippen LogP contribution in [0.2, 0.25) is 10.0 Å². The summed E-state index contributed by atoms with van der Waals surface area (Å²) in [6.07, 6.45) is 0.423. The minimum absolute atomic E-state index is 0.185. The summed E-state index contributed by atoms with van der Waals surface area (Å²) in [5, 5.41) is 1.30. The predicted molar refractivity (Wildman–Crippen MR) is 69.3 cm³/mol. The monoisotopic (exact) mass is 278 g/mol. The third kappa shape index (κ3) is 4.64. The first-order chi connectivity index (χ1) is 7.63. The fourth-order valence-corrected chi connectivity index (χ4v) is 2.56. The van der Waals surface area contributed by atoms with Gasteiger partial charge in [0, 0.05) is 21.6 Å². The molecule has 2 nitrogen and oxygen atoms in total. The van der Waals surface area contributed by atoms with Gasteiger partial charge in [-0.25, -0.2) is 0 Å². The molecular formula is C11H12Cl2O2S. The Kier molecular flexibility index (Phi) is 6.03. The molecule has 0 amide bonds. The van der Waals surface area contributed by atoms with Crippen molar-refractivity contribution in [2.45, 2.75) is 12.2 Å². The third-order valence-corrected chi connectivity index (χ3v) is 3.55. The molecule has 1 rings (SSSR count). The van der Waals surface area contributed by atoms with Crippen LogP contribution in [0, 0.1) is 0 Å². The maximum absolute atomic E-state index is 10.9. The van der Waals surface area contributed by atoms with Crippen LogP contribution < -0.4 is 0 Å². The lowest BCUT2D eigenvalue weighted by molar-refractivity contribution is -0.140. The molecule has 0 aliphatic heterocycles. The zero-order chi connectivity index (χ0) is 12.0. The van der Waals surface area contributed by atoms with Crippen molar-refractivity contribution in [3.8, 4) is 0 Å². The number of hydrogen-bond acceptors (Lipinski definition) is 3. The Balaban J connectivity index is 2.35. The first-order valence-corrected chi connectivity index (χ1v) is 6.63. The normalized spacial score (nSPS) is 10.2. The van der Waals surface area contributed by atoms with Crippen molar-refractivity contribution in [3.63, 3.8) is 0 Å². The quantitative estimate of drug-likeness (QED) is 0.606. The maximum Gasteiger partial charge on any atom is 0.306 e. The highest BCUT2D eigenvalue weighted by molar-refractivity contribution is 7.98. The number of thioether (sulfide) groups is 1. The molecule has 1 aromatic carbocycles. The largest absolute Gasteiger partial charge is 0.469 e. The van der Waals surface area contributed by atoms with Gasteiger partial charge in [-0.15, -0.1) is 0 Å². The van der Waals surface area contributed by atoms with E-state index in [1.54, 1.807) is 17.8 Å². The van der Waals surface area contributed by atoms with E-state index in [0.717, 1.165) is 17.1 Å². The highest BCUT2D eigenvalue weighted by Crippen LogP contribution is 2.24. The highest BCUT2D eigenvalue weighted by Gasteiger charge is 2.03. The second-order valence-corrected chi connectivity index (χ2v) is 5.06. The van der Waals surface area contributed by atoms with Gasteiger partial charge in [-0.05, 0) is 17.7 Å². The number of carbonyl (C=O) groups excluding carboxylic acids is 1. The Hall–Kier alpha value is -0.380. The van der Waals surface area contributed by atoms with Gasteiger partial charge in [0.05, 0.1) is 13.5 Å². The summed E-state index contributed by atoms with van der Waals surface area (Å²) in [5.74, 6) is 1.31. The van der Waals surface area contributed by atoms with Crippen LogP contribution >= 0.6 is 35.0 Å². The Morgan fingerprint density at radius 2 is 2.19 bits per heavy atom. The molecule has 0 radical (unpaired) electrons. The van der Waals surface area contributed by atoms with Gasteiger partial charge in [0.25, 0.3) is 0 Å². The molecule has 0 saturated carbocycles. The number of hydrogen-bond donors (Lipinski definition) is 0. The summed E-state index contributed by atoms with van der Waals surface area (Å²) < 4.78 is 4.55. The van der Waals surface area contributed by atoms with E-state index in [1.165, 1.54) is 7.11 Å². The van der Waals surface area contributed by atoms with Gasteiger partial charge in [-0.2, -0.15) is 11.8 Å². The van der Waals surface area contributed by atoms with Crippen molar-refractivity contribution >= 4 is 40.9 Å². The van der Waals surface area contributed by atoms with Crippen LogP contribution in [0.4, 0.5) is 0 Å². The van der Waals surface area contributed by atoms with E-state index in [0.29, 0.717) is 16.5 Å². The molecule has 0 N–H and O–H groups in total. The van der Waals surface area contributed by atoms with Gasteiger partial charge >= 0.3 is 5.97 Å². The van der Waals surface area contributed by atoms with Gasteiger partial charge in [0.15, 0.2) is 0 Å². The molecule has 16 heavy (non-hydrogen) atoms. The lowest BCUT2D eigenvalue weighted by Crippen LogP contribution is -2.01. The van der Waals surface area contributed by atoms with Crippen LogP contribution in [-0.4, -0.2) is 18.8 Å². The molecule has 0 fully saturated rings. The third-order valence-electron chi connectivity index (χ3n) is 1.95. The minimum atomic E-state index is -0.185. The van der Waals surface area contributed by atoms with Crippen LogP contribution in [0.3, 0.4) is 0 Å². The number of benzene rings is 1. The van der Waals surface area contributed by atoms with Crippen LogP contribution in [0.5, 0.6) is 0 Å². The summed E-state index contributed by atoms with van der Waals surface area (Å²) in [6.45, 7) is 0. The molecule has 0 heterocycles. The number of ether oxygens (including phenoxy) is 1. The molecule has 0 aliphatic carbocycles. The first-order valence-electron chi connectivity index (χ1n) is 4.72. The van der Waals surface area contributed by atoms with Crippen molar-refractivity contribution in [3.05, 3.63) is 33.8 Å². The van der Waals surface area contributed by atoms with Crippen LogP contribution in [0.15, 0.2) is 18.2 Å². The fourth-order valence-electron chi connectivity index (χ4n) is 1.08. The van der Waals surface area contributed by atoms with Crippen molar-refractivity contribution in [2.24, 2.45) is 0 Å². The van der Waals surface area contributed by atoms with Crippen molar-refractivity contribution in [1.29, 1.82) is 0 Å². The van der Waals surface area contributed by atoms with E-state index in [1.807, 2.05) is 12.1 Å². The van der Waals surface area contributed by atoms with Gasteiger partial charge in [0.1, 0.15) is 0 Å².